The van der Waals surface area contributed by atoms with E-state index in [1.165, 1.54) is 0 Å². The van der Waals surface area contributed by atoms with Gasteiger partial charge < -0.3 is 19.3 Å². The van der Waals surface area contributed by atoms with Crippen molar-refractivity contribution in [3.63, 3.8) is 0 Å². The molecule has 0 bridgehead atoms. The van der Waals surface area contributed by atoms with E-state index < -0.39 is 0 Å². The zero-order valence-corrected chi connectivity index (χ0v) is 15.2. The van der Waals surface area contributed by atoms with Gasteiger partial charge in [0.1, 0.15) is 0 Å². The molecule has 0 spiro atoms. The summed E-state index contributed by atoms with van der Waals surface area (Å²) in [7, 11) is 0. The van der Waals surface area contributed by atoms with Crippen LogP contribution in [0.4, 0.5) is 0 Å². The van der Waals surface area contributed by atoms with Gasteiger partial charge in [0.15, 0.2) is 11.5 Å². The van der Waals surface area contributed by atoms with E-state index in [4.69, 9.17) is 37.2 Å². The van der Waals surface area contributed by atoms with Crippen molar-refractivity contribution in [2.75, 3.05) is 13.2 Å². The van der Waals surface area contributed by atoms with Crippen molar-refractivity contribution in [2.24, 2.45) is 0 Å². The van der Waals surface area contributed by atoms with Crippen LogP contribution >= 0.6 is 23.2 Å². The van der Waals surface area contributed by atoms with Crippen LogP contribution in [0.1, 0.15) is 29.7 Å². The van der Waals surface area contributed by atoms with Crippen molar-refractivity contribution >= 4 is 29.1 Å². The second-order valence-electron chi connectivity index (χ2n) is 5.75. The fourth-order valence-electron chi connectivity index (χ4n) is 2.55. The summed E-state index contributed by atoms with van der Waals surface area (Å²) in [5, 5.41) is 7.35. The zero-order chi connectivity index (χ0) is 17.8. The highest BCUT2D eigenvalue weighted by Gasteiger charge is 2.16. The summed E-state index contributed by atoms with van der Waals surface area (Å²) in [6.07, 6.45) is 1.57. The quantitative estimate of drug-likeness (QED) is 0.850. The minimum absolute atomic E-state index is 0.0973. The van der Waals surface area contributed by atoms with Crippen LogP contribution in [-0.4, -0.2) is 24.3 Å². The maximum atomic E-state index is 12.1. The predicted molar refractivity (Wildman–Crippen MR) is 93.5 cm³/mol. The van der Waals surface area contributed by atoms with Crippen LogP contribution in [0.5, 0.6) is 11.5 Å². The number of benzene rings is 1. The van der Waals surface area contributed by atoms with Gasteiger partial charge in [-0.15, -0.1) is 0 Å². The molecule has 0 unspecified atom stereocenters. The molecular weight excluding hydrogens is 367 g/mol. The number of fused-ring (bicyclic) bond motifs is 1. The highest BCUT2D eigenvalue weighted by atomic mass is 35.5. The number of aryl methyl sites for hydroxylation is 1. The minimum atomic E-state index is -0.0973. The first-order valence-electron chi connectivity index (χ1n) is 8.00. The van der Waals surface area contributed by atoms with E-state index in [-0.39, 0.29) is 11.1 Å². The number of nitrogens with one attached hydrogen (secondary N) is 1. The van der Waals surface area contributed by atoms with Crippen molar-refractivity contribution in [1.82, 2.24) is 10.5 Å². The number of amides is 1. The molecule has 1 aromatic carbocycles. The molecule has 1 aliphatic rings. The van der Waals surface area contributed by atoms with Crippen molar-refractivity contribution < 1.29 is 18.8 Å². The molecule has 25 heavy (non-hydrogen) atoms. The van der Waals surface area contributed by atoms with Crippen molar-refractivity contribution in [2.45, 2.75) is 32.7 Å². The highest BCUT2D eigenvalue weighted by molar-refractivity contribution is 6.32. The van der Waals surface area contributed by atoms with Gasteiger partial charge in [-0.25, -0.2) is 0 Å². The molecule has 1 amide bonds. The van der Waals surface area contributed by atoms with Crippen LogP contribution in [0.25, 0.3) is 0 Å². The average molecular weight is 385 g/mol. The van der Waals surface area contributed by atoms with Gasteiger partial charge >= 0.3 is 0 Å². The van der Waals surface area contributed by atoms with E-state index >= 15 is 0 Å². The molecule has 1 aliphatic heterocycles. The fourth-order valence-corrected chi connectivity index (χ4v) is 3.11. The number of rotatable bonds is 5. The Kier molecular flexibility index (Phi) is 5.71. The third-order valence-corrected chi connectivity index (χ3v) is 4.47. The van der Waals surface area contributed by atoms with Gasteiger partial charge in [0.2, 0.25) is 11.1 Å². The number of carbonyl (C=O) groups is 1. The Labute approximate surface area is 155 Å². The molecule has 6 nitrogen and oxygen atoms in total. The lowest BCUT2D eigenvalue weighted by Gasteiger charge is -2.12. The Morgan fingerprint density at radius 3 is 2.84 bits per heavy atom. The number of carbonyl (C=O) groups excluding carboxylic acids is 1. The topological polar surface area (TPSA) is 73.6 Å². The number of halogens is 2. The first-order valence-corrected chi connectivity index (χ1v) is 8.75. The molecule has 2 aromatic rings. The van der Waals surface area contributed by atoms with Gasteiger partial charge in [0.25, 0.3) is 0 Å². The first-order chi connectivity index (χ1) is 12.0. The lowest BCUT2D eigenvalue weighted by Crippen LogP contribution is -2.23. The third kappa shape index (κ3) is 4.38. The molecule has 3 rings (SSSR count). The Morgan fingerprint density at radius 1 is 1.28 bits per heavy atom. The predicted octanol–water partition coefficient (Wildman–Crippen LogP) is 3.70. The smallest absolute Gasteiger partial charge is 0.229 e. The molecule has 1 aromatic heterocycles. The summed E-state index contributed by atoms with van der Waals surface area (Å²) in [5.74, 6) is 1.08. The molecule has 0 atom stereocenters. The maximum absolute atomic E-state index is 12.1. The van der Waals surface area contributed by atoms with Crippen LogP contribution in [0, 0.1) is 6.92 Å². The van der Waals surface area contributed by atoms with E-state index in [1.807, 2.05) is 6.07 Å². The van der Waals surface area contributed by atoms with Gasteiger partial charge in [-0.1, -0.05) is 16.8 Å². The summed E-state index contributed by atoms with van der Waals surface area (Å²) >= 11 is 12.1. The van der Waals surface area contributed by atoms with Gasteiger partial charge in [0, 0.05) is 24.9 Å². The maximum Gasteiger partial charge on any atom is 0.229 e. The molecule has 0 aliphatic carbocycles. The van der Waals surface area contributed by atoms with E-state index in [2.05, 4.69) is 10.5 Å². The largest absolute Gasteiger partial charge is 0.489 e. The van der Waals surface area contributed by atoms with E-state index in [1.54, 1.807) is 13.0 Å². The fraction of sp³-hybridized carbons (Fsp3) is 0.412. The van der Waals surface area contributed by atoms with E-state index in [9.17, 15) is 4.79 Å². The second-order valence-corrected chi connectivity index (χ2v) is 6.50. The van der Waals surface area contributed by atoms with Crippen molar-refractivity contribution in [3.8, 4) is 11.5 Å². The summed E-state index contributed by atoms with van der Waals surface area (Å²) < 4.78 is 16.1. The standard InChI is InChI=1S/C17H18Cl2N2O4/c1-10-12(17(19)25-21-10)3-4-15(22)20-9-11-7-13(18)16-14(8-11)23-5-2-6-24-16/h7-8H,2-6,9H2,1H3,(H,20,22). The summed E-state index contributed by atoms with van der Waals surface area (Å²) in [6.45, 7) is 3.31. The molecule has 2 heterocycles. The summed E-state index contributed by atoms with van der Waals surface area (Å²) in [5.41, 5.74) is 2.31. The molecule has 134 valence electrons. The lowest BCUT2D eigenvalue weighted by atomic mass is 10.1. The van der Waals surface area contributed by atoms with Gasteiger partial charge in [0.05, 0.1) is 23.9 Å². The molecular formula is C17H18Cl2N2O4. The van der Waals surface area contributed by atoms with Crippen LogP contribution in [-0.2, 0) is 17.8 Å². The van der Waals surface area contributed by atoms with Crippen LogP contribution in [0.2, 0.25) is 10.2 Å². The SMILES string of the molecule is Cc1noc(Cl)c1CCC(=O)NCc1cc(Cl)c2c(c1)OCCCO2. The third-order valence-electron chi connectivity index (χ3n) is 3.89. The van der Waals surface area contributed by atoms with Crippen LogP contribution < -0.4 is 14.8 Å². The Morgan fingerprint density at radius 2 is 2.08 bits per heavy atom. The molecule has 1 N–H and O–H groups in total. The van der Waals surface area contributed by atoms with Gasteiger partial charge in [-0.3, -0.25) is 4.79 Å². The molecule has 0 radical (unpaired) electrons. The molecule has 0 saturated carbocycles. The van der Waals surface area contributed by atoms with E-state index in [0.29, 0.717) is 54.8 Å². The molecule has 0 fully saturated rings. The number of ether oxygens (including phenoxy) is 2. The van der Waals surface area contributed by atoms with Gasteiger partial charge in [-0.2, -0.15) is 0 Å². The van der Waals surface area contributed by atoms with Crippen molar-refractivity contribution in [3.05, 3.63) is 39.2 Å². The minimum Gasteiger partial charge on any atom is -0.489 e. The van der Waals surface area contributed by atoms with Crippen LogP contribution in [0.15, 0.2) is 16.7 Å². The van der Waals surface area contributed by atoms with Gasteiger partial charge in [-0.05, 0) is 42.6 Å². The summed E-state index contributed by atoms with van der Waals surface area (Å²) in [6, 6.07) is 3.62. The monoisotopic (exact) mass is 384 g/mol. The number of aromatic nitrogens is 1. The Balaban J connectivity index is 1.57. The molecule has 8 heteroatoms. The second kappa shape index (κ2) is 7.97. The summed E-state index contributed by atoms with van der Waals surface area (Å²) in [4.78, 5) is 12.1. The van der Waals surface area contributed by atoms with E-state index in [0.717, 1.165) is 17.5 Å². The first kappa shape index (κ1) is 17.9. The zero-order valence-electron chi connectivity index (χ0n) is 13.7. The van der Waals surface area contributed by atoms with Crippen LogP contribution in [0.3, 0.4) is 0 Å². The average Bonchev–Trinajstić information content (AvgIpc) is 2.78. The number of hydrogen-bond donors (Lipinski definition) is 1. The molecule has 0 saturated heterocycles. The highest BCUT2D eigenvalue weighted by Crippen LogP contribution is 2.37. The Hall–Kier alpha value is -1.92. The normalized spacial score (nSPS) is 13.4. The number of nitrogens with zero attached hydrogens (tertiary/aromatic N) is 1. The lowest BCUT2D eigenvalue weighted by molar-refractivity contribution is -0.121. The number of hydrogen-bond acceptors (Lipinski definition) is 5. The van der Waals surface area contributed by atoms with Crippen molar-refractivity contribution in [1.29, 1.82) is 0 Å². The Bertz CT molecular complexity index is 757.